The molecule has 1 saturated heterocycles. The minimum absolute atomic E-state index is 0. The number of hydrogen-bond donors (Lipinski definition) is 1. The Morgan fingerprint density at radius 2 is 1.71 bits per heavy atom. The van der Waals surface area contributed by atoms with E-state index < -0.39 is 10.0 Å². The highest BCUT2D eigenvalue weighted by molar-refractivity contribution is 14.0. The van der Waals surface area contributed by atoms with Crippen molar-refractivity contribution in [2.45, 2.75) is 11.4 Å². The van der Waals surface area contributed by atoms with Crippen molar-refractivity contribution >= 4 is 45.9 Å². The monoisotopic (exact) mass is 561 g/mol. The predicted molar refractivity (Wildman–Crippen MR) is 129 cm³/mol. The molecule has 2 heterocycles. The third kappa shape index (κ3) is 5.98. The maximum atomic E-state index is 12.4. The molecule has 0 saturated carbocycles. The van der Waals surface area contributed by atoms with E-state index in [1.807, 2.05) is 0 Å². The van der Waals surface area contributed by atoms with Gasteiger partial charge in [0.15, 0.2) is 11.7 Å². The lowest BCUT2D eigenvalue weighted by atomic mass is 10.2. The van der Waals surface area contributed by atoms with E-state index in [0.717, 1.165) is 11.5 Å². The number of rotatable bonds is 5. The van der Waals surface area contributed by atoms with Gasteiger partial charge in [-0.25, -0.2) is 12.7 Å². The fourth-order valence-electron chi connectivity index (χ4n) is 3.18. The topological polar surface area (TPSA) is 98.5 Å². The van der Waals surface area contributed by atoms with Crippen LogP contribution in [0.5, 0.6) is 0 Å². The molecule has 170 valence electrons. The highest BCUT2D eigenvalue weighted by atomic mass is 127. The zero-order valence-corrected chi connectivity index (χ0v) is 21.0. The standard InChI is InChI=1S/C20H27N5O4S.HI/c1-21-20(22-15-16-6-8-17(9-7-16)30(27,28)23(2)3)25-12-10-24(11-13-25)19(26)18-5-4-14-29-18;/h4-9,14H,10-13,15H2,1-3H3,(H,21,22);1H. The minimum Gasteiger partial charge on any atom is -0.459 e. The summed E-state index contributed by atoms with van der Waals surface area (Å²) in [6, 6.07) is 10.2. The Morgan fingerprint density at radius 1 is 1.10 bits per heavy atom. The zero-order chi connectivity index (χ0) is 21.7. The highest BCUT2D eigenvalue weighted by Gasteiger charge is 2.25. The molecule has 0 spiro atoms. The number of sulfonamides is 1. The number of furan rings is 1. The van der Waals surface area contributed by atoms with Crippen LogP contribution in [0, 0.1) is 0 Å². The fraction of sp³-hybridized carbons (Fsp3) is 0.400. The fourth-order valence-corrected chi connectivity index (χ4v) is 4.08. The van der Waals surface area contributed by atoms with Crippen molar-refractivity contribution in [3.63, 3.8) is 0 Å². The SMILES string of the molecule is CN=C(NCc1ccc(S(=O)(=O)N(C)C)cc1)N1CCN(C(=O)c2ccco2)CC1.I. The molecule has 0 unspecified atom stereocenters. The first kappa shape index (κ1) is 25.1. The van der Waals surface area contributed by atoms with Gasteiger partial charge in [0.25, 0.3) is 5.91 Å². The number of nitrogens with one attached hydrogen (secondary N) is 1. The summed E-state index contributed by atoms with van der Waals surface area (Å²) in [6.45, 7) is 2.99. The summed E-state index contributed by atoms with van der Waals surface area (Å²) >= 11 is 0. The van der Waals surface area contributed by atoms with Crippen LogP contribution in [0.1, 0.15) is 16.1 Å². The van der Waals surface area contributed by atoms with Crippen LogP contribution >= 0.6 is 24.0 Å². The van der Waals surface area contributed by atoms with Gasteiger partial charge < -0.3 is 19.5 Å². The molecule has 1 aromatic heterocycles. The molecule has 3 rings (SSSR count). The van der Waals surface area contributed by atoms with Gasteiger partial charge in [0.05, 0.1) is 11.2 Å². The molecular weight excluding hydrogens is 533 g/mol. The van der Waals surface area contributed by atoms with Gasteiger partial charge in [0.2, 0.25) is 10.0 Å². The molecule has 1 N–H and O–H groups in total. The Bertz CT molecular complexity index is 983. The Balaban J connectivity index is 0.00000341. The number of halogens is 1. The number of amides is 1. The molecule has 1 aromatic carbocycles. The van der Waals surface area contributed by atoms with Crippen LogP contribution in [0.25, 0.3) is 0 Å². The van der Waals surface area contributed by atoms with Crippen LogP contribution < -0.4 is 5.32 Å². The molecule has 31 heavy (non-hydrogen) atoms. The number of carbonyl (C=O) groups excluding carboxylic acids is 1. The summed E-state index contributed by atoms with van der Waals surface area (Å²) in [5.74, 6) is 0.992. The molecule has 0 aliphatic carbocycles. The van der Waals surface area contributed by atoms with E-state index in [-0.39, 0.29) is 34.8 Å². The third-order valence-corrected chi connectivity index (χ3v) is 6.79. The average molecular weight is 561 g/mol. The van der Waals surface area contributed by atoms with E-state index in [2.05, 4.69) is 15.2 Å². The van der Waals surface area contributed by atoms with E-state index in [4.69, 9.17) is 4.42 Å². The lowest BCUT2D eigenvalue weighted by Gasteiger charge is -2.36. The van der Waals surface area contributed by atoms with Crippen molar-refractivity contribution in [2.24, 2.45) is 4.99 Å². The van der Waals surface area contributed by atoms with Crippen molar-refractivity contribution in [3.05, 3.63) is 54.0 Å². The van der Waals surface area contributed by atoms with Gasteiger partial charge >= 0.3 is 0 Å². The quantitative estimate of drug-likeness (QED) is 0.339. The second-order valence-electron chi connectivity index (χ2n) is 7.09. The first-order valence-electron chi connectivity index (χ1n) is 9.63. The van der Waals surface area contributed by atoms with Gasteiger partial charge in [0, 0.05) is 53.9 Å². The molecule has 0 bridgehead atoms. The van der Waals surface area contributed by atoms with Crippen molar-refractivity contribution in [1.29, 1.82) is 0 Å². The Kier molecular flexibility index (Phi) is 8.89. The molecule has 2 aromatic rings. The first-order chi connectivity index (χ1) is 14.3. The van der Waals surface area contributed by atoms with Gasteiger partial charge in [-0.05, 0) is 29.8 Å². The number of carbonyl (C=O) groups is 1. The summed E-state index contributed by atoms with van der Waals surface area (Å²) in [6.07, 6.45) is 1.50. The van der Waals surface area contributed by atoms with Crippen LogP contribution in [0.3, 0.4) is 0 Å². The number of nitrogens with zero attached hydrogens (tertiary/aromatic N) is 4. The van der Waals surface area contributed by atoms with Crippen molar-refractivity contribution < 1.29 is 17.6 Å². The van der Waals surface area contributed by atoms with Crippen LogP contribution in [0.4, 0.5) is 0 Å². The minimum atomic E-state index is -3.43. The van der Waals surface area contributed by atoms with Crippen molar-refractivity contribution in [1.82, 2.24) is 19.4 Å². The normalized spacial score (nSPS) is 15.0. The first-order valence-corrected chi connectivity index (χ1v) is 11.1. The number of benzene rings is 1. The lowest BCUT2D eigenvalue weighted by molar-refractivity contribution is 0.0657. The van der Waals surface area contributed by atoms with Crippen LogP contribution in [0.2, 0.25) is 0 Å². The summed E-state index contributed by atoms with van der Waals surface area (Å²) in [7, 11) is 1.31. The van der Waals surface area contributed by atoms with Crippen LogP contribution in [-0.4, -0.2) is 81.7 Å². The van der Waals surface area contributed by atoms with Gasteiger partial charge in [-0.2, -0.15) is 0 Å². The average Bonchev–Trinajstić information content (AvgIpc) is 3.29. The van der Waals surface area contributed by atoms with Crippen LogP contribution in [0.15, 0.2) is 57.0 Å². The van der Waals surface area contributed by atoms with Gasteiger partial charge in [-0.15, -0.1) is 24.0 Å². The summed E-state index contributed by atoms with van der Waals surface area (Å²) in [5.41, 5.74) is 0.945. The molecule has 1 amide bonds. The van der Waals surface area contributed by atoms with E-state index in [0.29, 0.717) is 38.5 Å². The number of piperazine rings is 1. The van der Waals surface area contributed by atoms with Gasteiger partial charge in [0.1, 0.15) is 0 Å². The molecule has 1 aliphatic rings. The molecule has 1 aliphatic heterocycles. The third-order valence-electron chi connectivity index (χ3n) is 4.96. The number of aliphatic imine (C=N–C) groups is 1. The maximum Gasteiger partial charge on any atom is 0.289 e. The molecule has 11 heteroatoms. The smallest absolute Gasteiger partial charge is 0.289 e. The Hall–Kier alpha value is -2.12. The van der Waals surface area contributed by atoms with E-state index in [9.17, 15) is 13.2 Å². The molecule has 0 radical (unpaired) electrons. The van der Waals surface area contributed by atoms with E-state index in [1.165, 1.54) is 24.7 Å². The lowest BCUT2D eigenvalue weighted by Crippen LogP contribution is -2.53. The van der Waals surface area contributed by atoms with Gasteiger partial charge in [-0.3, -0.25) is 9.79 Å². The Morgan fingerprint density at radius 3 is 2.23 bits per heavy atom. The molecule has 0 atom stereocenters. The maximum absolute atomic E-state index is 12.4. The number of guanidine groups is 1. The second-order valence-corrected chi connectivity index (χ2v) is 9.24. The number of hydrogen-bond acceptors (Lipinski definition) is 5. The van der Waals surface area contributed by atoms with Crippen LogP contribution in [-0.2, 0) is 16.6 Å². The molecule has 9 nitrogen and oxygen atoms in total. The summed E-state index contributed by atoms with van der Waals surface area (Å²) in [4.78, 5) is 20.8. The second kappa shape index (κ2) is 11.0. The van der Waals surface area contributed by atoms with Crippen molar-refractivity contribution in [2.75, 3.05) is 47.3 Å². The van der Waals surface area contributed by atoms with E-state index >= 15 is 0 Å². The Labute approximate surface area is 200 Å². The van der Waals surface area contributed by atoms with Crippen molar-refractivity contribution in [3.8, 4) is 0 Å². The van der Waals surface area contributed by atoms with Gasteiger partial charge in [-0.1, -0.05) is 12.1 Å². The summed E-state index contributed by atoms with van der Waals surface area (Å²) < 4.78 is 30.7. The predicted octanol–water partition coefficient (Wildman–Crippen LogP) is 1.68. The zero-order valence-electron chi connectivity index (χ0n) is 17.8. The van der Waals surface area contributed by atoms with E-state index in [1.54, 1.807) is 48.3 Å². The molecular formula is C20H28IN5O4S. The largest absolute Gasteiger partial charge is 0.459 e. The summed E-state index contributed by atoms with van der Waals surface area (Å²) in [5, 5.41) is 3.30. The highest BCUT2D eigenvalue weighted by Crippen LogP contribution is 2.14. The molecule has 1 fully saturated rings.